The van der Waals surface area contributed by atoms with Crippen molar-refractivity contribution in [1.29, 1.82) is 0 Å². The van der Waals surface area contributed by atoms with Crippen molar-refractivity contribution in [3.8, 4) is 10.7 Å². The van der Waals surface area contributed by atoms with E-state index in [0.29, 0.717) is 23.6 Å². The molecular formula is C20H25N5O4S2. The van der Waals surface area contributed by atoms with E-state index in [2.05, 4.69) is 25.4 Å². The average Bonchev–Trinajstić information content (AvgIpc) is 3.49. The first-order valence-corrected chi connectivity index (χ1v) is 12.1. The van der Waals surface area contributed by atoms with Gasteiger partial charge in [0.1, 0.15) is 0 Å². The van der Waals surface area contributed by atoms with Gasteiger partial charge >= 0.3 is 12.0 Å². The number of aromatic nitrogens is 3. The van der Waals surface area contributed by atoms with Crippen molar-refractivity contribution < 1.29 is 19.1 Å². The first kappa shape index (κ1) is 21.8. The zero-order valence-electron chi connectivity index (χ0n) is 17.4. The van der Waals surface area contributed by atoms with Gasteiger partial charge in [-0.25, -0.2) is 9.59 Å². The summed E-state index contributed by atoms with van der Waals surface area (Å²) in [6.45, 7) is 5.23. The molecule has 4 rings (SSSR count). The minimum Gasteiger partial charge on any atom is -0.463 e. The fraction of sp³-hybridized carbons (Fsp3) is 0.500. The molecule has 2 aromatic rings. The Labute approximate surface area is 188 Å². The number of esters is 1. The molecule has 31 heavy (non-hydrogen) atoms. The summed E-state index contributed by atoms with van der Waals surface area (Å²) < 4.78 is 13.1. The third kappa shape index (κ3) is 4.94. The van der Waals surface area contributed by atoms with Gasteiger partial charge in [0, 0.05) is 18.1 Å². The Balaban J connectivity index is 1.60. The van der Waals surface area contributed by atoms with Crippen molar-refractivity contribution in [3.05, 3.63) is 28.8 Å². The van der Waals surface area contributed by atoms with E-state index in [4.69, 9.17) is 9.47 Å². The van der Waals surface area contributed by atoms with Crippen LogP contribution in [0.2, 0.25) is 0 Å². The van der Waals surface area contributed by atoms with E-state index in [1.165, 1.54) is 11.8 Å². The molecule has 0 aromatic carbocycles. The Bertz CT molecular complexity index is 966. The monoisotopic (exact) mass is 463 g/mol. The molecule has 0 unspecified atom stereocenters. The minimum atomic E-state index is -0.435. The molecule has 9 nitrogen and oxygen atoms in total. The first-order valence-electron chi connectivity index (χ1n) is 10.3. The summed E-state index contributed by atoms with van der Waals surface area (Å²) in [6, 6.07) is 3.23. The SMILES string of the molecule is CCOC(=O)C1=C(CSc2nnc(-c3cccs3)n2C[C@H]2CCCO2)NC(=O)N[C@H]1C. The Morgan fingerprint density at radius 2 is 2.32 bits per heavy atom. The molecular weight excluding hydrogens is 438 g/mol. The van der Waals surface area contributed by atoms with Crippen molar-refractivity contribution in [1.82, 2.24) is 25.4 Å². The van der Waals surface area contributed by atoms with Crippen molar-refractivity contribution in [2.75, 3.05) is 19.0 Å². The van der Waals surface area contributed by atoms with Gasteiger partial charge in [-0.3, -0.25) is 4.57 Å². The van der Waals surface area contributed by atoms with Crippen LogP contribution in [0, 0.1) is 0 Å². The van der Waals surface area contributed by atoms with Crippen molar-refractivity contribution in [2.45, 2.75) is 50.5 Å². The highest BCUT2D eigenvalue weighted by atomic mass is 32.2. The second kappa shape index (κ2) is 9.84. The number of hydrogen-bond donors (Lipinski definition) is 2. The first-order chi connectivity index (χ1) is 15.1. The summed E-state index contributed by atoms with van der Waals surface area (Å²) in [5.74, 6) is 0.730. The predicted octanol–water partition coefficient (Wildman–Crippen LogP) is 2.80. The summed E-state index contributed by atoms with van der Waals surface area (Å²) >= 11 is 3.04. The molecule has 0 saturated carbocycles. The van der Waals surface area contributed by atoms with Crippen LogP contribution >= 0.6 is 23.1 Å². The molecule has 1 saturated heterocycles. The van der Waals surface area contributed by atoms with Crippen molar-refractivity contribution >= 4 is 35.1 Å². The normalized spacial score (nSPS) is 21.2. The summed E-state index contributed by atoms with van der Waals surface area (Å²) in [5, 5.41) is 17.0. The highest BCUT2D eigenvalue weighted by Crippen LogP contribution is 2.30. The van der Waals surface area contributed by atoms with Crippen LogP contribution in [0.1, 0.15) is 26.7 Å². The molecule has 2 aliphatic rings. The zero-order chi connectivity index (χ0) is 21.8. The number of amides is 2. The Kier molecular flexibility index (Phi) is 6.93. The smallest absolute Gasteiger partial charge is 0.337 e. The molecule has 0 radical (unpaired) electrons. The lowest BCUT2D eigenvalue weighted by Crippen LogP contribution is -2.49. The van der Waals surface area contributed by atoms with Crippen LogP contribution < -0.4 is 10.6 Å². The van der Waals surface area contributed by atoms with E-state index in [1.807, 2.05) is 17.5 Å². The summed E-state index contributed by atoms with van der Waals surface area (Å²) in [4.78, 5) is 25.5. The van der Waals surface area contributed by atoms with Crippen LogP contribution in [0.3, 0.4) is 0 Å². The number of thiophene rings is 1. The Morgan fingerprint density at radius 3 is 3.03 bits per heavy atom. The van der Waals surface area contributed by atoms with Crippen molar-refractivity contribution in [3.63, 3.8) is 0 Å². The zero-order valence-corrected chi connectivity index (χ0v) is 19.1. The van der Waals surface area contributed by atoms with Gasteiger partial charge in [-0.15, -0.1) is 21.5 Å². The van der Waals surface area contributed by atoms with E-state index >= 15 is 0 Å². The predicted molar refractivity (Wildman–Crippen MR) is 118 cm³/mol. The summed E-state index contributed by atoms with van der Waals surface area (Å²) in [5.41, 5.74) is 0.960. The molecule has 11 heteroatoms. The van der Waals surface area contributed by atoms with E-state index in [1.54, 1.807) is 25.2 Å². The Morgan fingerprint density at radius 1 is 1.45 bits per heavy atom. The van der Waals surface area contributed by atoms with Gasteiger partial charge in [-0.05, 0) is 38.1 Å². The molecule has 0 bridgehead atoms. The lowest BCUT2D eigenvalue weighted by atomic mass is 10.1. The van der Waals surface area contributed by atoms with Gasteiger partial charge in [-0.1, -0.05) is 17.8 Å². The maximum absolute atomic E-state index is 12.5. The standard InChI is InChI=1S/C20H25N5O4S2/c1-3-28-18(26)16-12(2)21-19(27)22-14(16)11-31-20-24-23-17(15-7-5-9-30-15)25(20)10-13-6-4-8-29-13/h5,7,9,12-13H,3-4,6,8,10-11H2,1-2H3,(H2,21,22,27)/t12-,13+/m0/s1. The van der Waals surface area contributed by atoms with E-state index in [0.717, 1.165) is 35.3 Å². The molecule has 0 aliphatic carbocycles. The largest absolute Gasteiger partial charge is 0.463 e. The number of nitrogens with one attached hydrogen (secondary N) is 2. The van der Waals surface area contributed by atoms with E-state index in [-0.39, 0.29) is 18.7 Å². The van der Waals surface area contributed by atoms with Crippen LogP contribution in [0.4, 0.5) is 4.79 Å². The molecule has 4 heterocycles. The van der Waals surface area contributed by atoms with Gasteiger partial charge in [0.2, 0.25) is 0 Å². The highest BCUT2D eigenvalue weighted by Gasteiger charge is 2.30. The number of urea groups is 1. The van der Waals surface area contributed by atoms with Crippen LogP contribution in [0.5, 0.6) is 0 Å². The molecule has 2 aliphatic heterocycles. The van der Waals surface area contributed by atoms with Gasteiger partial charge in [-0.2, -0.15) is 0 Å². The number of nitrogens with zero attached hydrogens (tertiary/aromatic N) is 3. The molecule has 166 valence electrons. The van der Waals surface area contributed by atoms with E-state index < -0.39 is 12.0 Å². The third-order valence-corrected chi connectivity index (χ3v) is 6.94. The molecule has 0 spiro atoms. The number of hydrogen-bond acceptors (Lipinski definition) is 8. The second-order valence-electron chi connectivity index (χ2n) is 7.25. The topological polar surface area (TPSA) is 107 Å². The fourth-order valence-electron chi connectivity index (χ4n) is 3.67. The summed E-state index contributed by atoms with van der Waals surface area (Å²) in [7, 11) is 0. The number of carbonyl (C=O) groups is 2. The number of carbonyl (C=O) groups excluding carboxylic acids is 2. The molecule has 2 aromatic heterocycles. The highest BCUT2D eigenvalue weighted by molar-refractivity contribution is 7.99. The van der Waals surface area contributed by atoms with Gasteiger partial charge in [0.25, 0.3) is 0 Å². The maximum Gasteiger partial charge on any atom is 0.337 e. The molecule has 2 atom stereocenters. The second-order valence-corrected chi connectivity index (χ2v) is 9.14. The third-order valence-electron chi connectivity index (χ3n) is 5.08. The van der Waals surface area contributed by atoms with Gasteiger partial charge in [0.15, 0.2) is 11.0 Å². The number of rotatable bonds is 8. The average molecular weight is 464 g/mol. The Hall–Kier alpha value is -2.37. The molecule has 1 fully saturated rings. The molecule has 2 amide bonds. The van der Waals surface area contributed by atoms with Gasteiger partial charge in [0.05, 0.1) is 35.7 Å². The van der Waals surface area contributed by atoms with Crippen molar-refractivity contribution in [2.24, 2.45) is 0 Å². The lowest BCUT2D eigenvalue weighted by Gasteiger charge is -2.26. The number of thioether (sulfide) groups is 1. The summed E-state index contributed by atoms with van der Waals surface area (Å²) in [6.07, 6.45) is 2.18. The quantitative estimate of drug-likeness (QED) is 0.458. The van der Waals surface area contributed by atoms with Gasteiger partial charge < -0.3 is 20.1 Å². The lowest BCUT2D eigenvalue weighted by molar-refractivity contribution is -0.138. The molecule has 2 N–H and O–H groups in total. The van der Waals surface area contributed by atoms with E-state index in [9.17, 15) is 9.59 Å². The van der Waals surface area contributed by atoms with Crippen LogP contribution in [-0.2, 0) is 20.8 Å². The fourth-order valence-corrected chi connectivity index (χ4v) is 5.30. The van der Waals surface area contributed by atoms with Crippen LogP contribution in [0.15, 0.2) is 33.9 Å². The maximum atomic E-state index is 12.5. The van der Waals surface area contributed by atoms with Crippen LogP contribution in [0.25, 0.3) is 10.7 Å². The minimum absolute atomic E-state index is 0.127. The van der Waals surface area contributed by atoms with Crippen LogP contribution in [-0.4, -0.2) is 57.9 Å². The number of ether oxygens (including phenoxy) is 2.